The summed E-state index contributed by atoms with van der Waals surface area (Å²) in [6, 6.07) is 13.6. The molecule has 0 atom stereocenters. The van der Waals surface area contributed by atoms with Crippen molar-refractivity contribution in [2.75, 3.05) is 11.9 Å². The van der Waals surface area contributed by atoms with E-state index < -0.39 is 3.23 Å². The van der Waals surface area contributed by atoms with Gasteiger partial charge in [-0.15, -0.1) is 0 Å². The second-order valence-corrected chi connectivity index (χ2v) is 10.1. The Balaban J connectivity index is 1.83. The summed E-state index contributed by atoms with van der Waals surface area (Å²) in [7, 11) is 1.66. The molecule has 4 aromatic rings. The number of rotatable bonds is 2. The lowest BCUT2D eigenvalue weighted by molar-refractivity contribution is -0.117. The first-order valence-electron chi connectivity index (χ1n) is 8.65. The molecule has 2 aromatic carbocycles. The van der Waals surface area contributed by atoms with Crippen molar-refractivity contribution in [3.05, 3.63) is 66.2 Å². The number of nitrogens with zero attached hydrogens (tertiary/aromatic N) is 5. The van der Waals surface area contributed by atoms with Gasteiger partial charge in [-0.2, -0.15) is 4.98 Å². The smallest absolute Gasteiger partial charge is 0.260 e. The number of amides is 1. The number of likely N-dealkylation sites (N-methyl/N-ethyl adjacent to an activating group) is 1. The maximum absolute atomic E-state index is 13.5. The molecule has 9 heteroatoms. The molecule has 0 saturated carbocycles. The van der Waals surface area contributed by atoms with Crippen molar-refractivity contribution in [1.29, 1.82) is 0 Å². The third-order valence-electron chi connectivity index (χ3n) is 4.87. The van der Waals surface area contributed by atoms with Gasteiger partial charge in [-0.1, -0.05) is 44.0 Å². The normalized spacial score (nSPS) is 15.2. The van der Waals surface area contributed by atoms with E-state index >= 15 is 0 Å². The second kappa shape index (κ2) is 6.43. The predicted molar refractivity (Wildman–Crippen MR) is 115 cm³/mol. The van der Waals surface area contributed by atoms with Gasteiger partial charge in [0.1, 0.15) is 18.0 Å². The molecule has 0 fully saturated rings. The maximum Gasteiger partial charge on any atom is 0.260 e. The first-order valence-corrected chi connectivity index (χ1v) is 10.2. The van der Waals surface area contributed by atoms with E-state index in [2.05, 4.69) is 41.8 Å². The zero-order chi connectivity index (χ0) is 20.3. The number of benzene rings is 2. The molecule has 5 rings (SSSR count). The van der Waals surface area contributed by atoms with Crippen molar-refractivity contribution in [2.45, 2.75) is 3.23 Å². The Bertz CT molecular complexity index is 1290. The van der Waals surface area contributed by atoms with Crippen LogP contribution in [0.25, 0.3) is 28.2 Å². The van der Waals surface area contributed by atoms with Crippen molar-refractivity contribution in [3.63, 3.8) is 0 Å². The highest BCUT2D eigenvalue weighted by molar-refractivity contribution is 9.25. The zero-order valence-electron chi connectivity index (χ0n) is 15.0. The minimum Gasteiger partial charge on any atom is -0.297 e. The summed E-state index contributed by atoms with van der Waals surface area (Å²) in [5.41, 5.74) is 3.41. The SMILES string of the molecule is CN1C(=O)C(Br)(Br)c2c(-c3ccc(F)cc3)nc(-n3cnc4ccccc43)nc21. The molecule has 0 bridgehead atoms. The molecular formula is C20H12Br2FN5O. The standard InChI is InChI=1S/C20H12Br2FN5O/c1-27-17-15(20(21,22)18(27)29)16(11-6-8-12(23)9-7-11)25-19(26-17)28-10-24-13-4-2-3-5-14(13)28/h2-10H,1H3. The van der Waals surface area contributed by atoms with Crippen LogP contribution in [0, 0.1) is 5.82 Å². The van der Waals surface area contributed by atoms with Crippen LogP contribution in [0.3, 0.4) is 0 Å². The number of halogens is 3. The third kappa shape index (κ3) is 2.71. The van der Waals surface area contributed by atoms with E-state index in [4.69, 9.17) is 4.98 Å². The van der Waals surface area contributed by atoms with Gasteiger partial charge in [0.05, 0.1) is 22.3 Å². The minimum absolute atomic E-state index is 0.224. The number of imidazole rings is 1. The van der Waals surface area contributed by atoms with E-state index in [0.29, 0.717) is 28.6 Å². The number of anilines is 1. The number of fused-ring (bicyclic) bond motifs is 2. The average molecular weight is 517 g/mol. The number of carbonyl (C=O) groups excluding carboxylic acids is 1. The zero-order valence-corrected chi connectivity index (χ0v) is 18.1. The lowest BCUT2D eigenvalue weighted by atomic mass is 10.1. The Kier molecular flexibility index (Phi) is 4.08. The van der Waals surface area contributed by atoms with Crippen molar-refractivity contribution >= 4 is 54.6 Å². The first kappa shape index (κ1) is 18.4. The maximum atomic E-state index is 13.5. The molecule has 6 nitrogen and oxygen atoms in total. The van der Waals surface area contributed by atoms with E-state index in [1.54, 1.807) is 30.1 Å². The van der Waals surface area contributed by atoms with Gasteiger partial charge >= 0.3 is 0 Å². The van der Waals surface area contributed by atoms with E-state index in [0.717, 1.165) is 11.0 Å². The molecule has 0 unspecified atom stereocenters. The molecule has 0 aliphatic carbocycles. The number of carbonyl (C=O) groups is 1. The van der Waals surface area contributed by atoms with Crippen molar-refractivity contribution in [2.24, 2.45) is 0 Å². The first-order chi connectivity index (χ1) is 13.9. The molecule has 0 spiro atoms. The summed E-state index contributed by atoms with van der Waals surface area (Å²) in [5, 5.41) is 0. The van der Waals surface area contributed by atoms with Gasteiger partial charge in [0, 0.05) is 12.6 Å². The summed E-state index contributed by atoms with van der Waals surface area (Å²) in [5.74, 6) is 0.259. The number of alkyl halides is 2. The van der Waals surface area contributed by atoms with Gasteiger partial charge in [-0.25, -0.2) is 14.4 Å². The average Bonchev–Trinajstić information content (AvgIpc) is 3.22. The van der Waals surface area contributed by atoms with Crippen LogP contribution in [0.1, 0.15) is 5.56 Å². The van der Waals surface area contributed by atoms with Crippen LogP contribution in [-0.4, -0.2) is 32.5 Å². The predicted octanol–water partition coefficient (Wildman–Crippen LogP) is 4.54. The number of aromatic nitrogens is 4. The van der Waals surface area contributed by atoms with E-state index in [1.807, 2.05) is 24.3 Å². The topological polar surface area (TPSA) is 63.9 Å². The van der Waals surface area contributed by atoms with Gasteiger partial charge in [-0.3, -0.25) is 14.3 Å². The molecule has 1 aliphatic heterocycles. The molecule has 1 aliphatic rings. The molecule has 3 heterocycles. The van der Waals surface area contributed by atoms with Crippen LogP contribution < -0.4 is 4.90 Å². The molecule has 1 amide bonds. The highest BCUT2D eigenvalue weighted by Gasteiger charge is 2.50. The van der Waals surface area contributed by atoms with Crippen LogP contribution in [0.4, 0.5) is 10.2 Å². The fourth-order valence-electron chi connectivity index (χ4n) is 3.43. The molecule has 0 N–H and O–H groups in total. The van der Waals surface area contributed by atoms with Gasteiger partial charge in [0.2, 0.25) is 5.95 Å². The summed E-state index contributed by atoms with van der Waals surface area (Å²) < 4.78 is 14.1. The Hall–Kier alpha value is -2.65. The third-order valence-corrected chi connectivity index (χ3v) is 6.34. The Morgan fingerprint density at radius 1 is 1.03 bits per heavy atom. The summed E-state index contributed by atoms with van der Waals surface area (Å²) in [6.45, 7) is 0. The largest absolute Gasteiger partial charge is 0.297 e. The molecule has 0 radical (unpaired) electrons. The summed E-state index contributed by atoms with van der Waals surface area (Å²) in [4.78, 5) is 28.1. The molecule has 29 heavy (non-hydrogen) atoms. The van der Waals surface area contributed by atoms with Crippen LogP contribution >= 0.6 is 31.9 Å². The lowest BCUT2D eigenvalue weighted by Gasteiger charge is -2.16. The highest BCUT2D eigenvalue weighted by Crippen LogP contribution is 2.52. The quantitative estimate of drug-likeness (QED) is 0.367. The molecule has 2 aromatic heterocycles. The van der Waals surface area contributed by atoms with Crippen molar-refractivity contribution in [3.8, 4) is 17.2 Å². The Morgan fingerprint density at radius 2 is 1.76 bits per heavy atom. The fourth-order valence-corrected chi connectivity index (χ4v) is 4.69. The lowest BCUT2D eigenvalue weighted by Crippen LogP contribution is -2.29. The van der Waals surface area contributed by atoms with Gasteiger partial charge in [0.25, 0.3) is 5.91 Å². The summed E-state index contributed by atoms with van der Waals surface area (Å²) in [6.07, 6.45) is 1.65. The number of hydrogen-bond donors (Lipinski definition) is 0. The Morgan fingerprint density at radius 3 is 2.52 bits per heavy atom. The van der Waals surface area contributed by atoms with Crippen LogP contribution in [0.2, 0.25) is 0 Å². The summed E-state index contributed by atoms with van der Waals surface area (Å²) >= 11 is 6.95. The van der Waals surface area contributed by atoms with Crippen molar-refractivity contribution in [1.82, 2.24) is 19.5 Å². The van der Waals surface area contributed by atoms with Crippen molar-refractivity contribution < 1.29 is 9.18 Å². The number of para-hydroxylation sites is 2. The van der Waals surface area contributed by atoms with E-state index in [9.17, 15) is 9.18 Å². The van der Waals surface area contributed by atoms with E-state index in [1.165, 1.54) is 17.0 Å². The van der Waals surface area contributed by atoms with Crippen LogP contribution in [0.5, 0.6) is 0 Å². The molecular weight excluding hydrogens is 505 g/mol. The molecule has 0 saturated heterocycles. The van der Waals surface area contributed by atoms with Gasteiger partial charge in [0.15, 0.2) is 3.23 Å². The van der Waals surface area contributed by atoms with Crippen LogP contribution in [0.15, 0.2) is 54.9 Å². The molecule has 144 valence electrons. The second-order valence-electron chi connectivity index (χ2n) is 6.62. The minimum atomic E-state index is -1.16. The van der Waals surface area contributed by atoms with Gasteiger partial charge in [-0.05, 0) is 36.4 Å². The fraction of sp³-hybridized carbons (Fsp3) is 0.100. The monoisotopic (exact) mass is 515 g/mol. The Labute approximate surface area is 181 Å². The highest BCUT2D eigenvalue weighted by atomic mass is 79.9. The van der Waals surface area contributed by atoms with E-state index in [-0.39, 0.29) is 11.7 Å². The van der Waals surface area contributed by atoms with Crippen LogP contribution in [-0.2, 0) is 8.03 Å². The number of hydrogen-bond acceptors (Lipinski definition) is 4. The van der Waals surface area contributed by atoms with Gasteiger partial charge < -0.3 is 0 Å².